The Hall–Kier alpha value is -4.23. The Bertz CT molecular complexity index is 1490. The Kier molecular flexibility index (Phi) is 5.39. The summed E-state index contributed by atoms with van der Waals surface area (Å²) in [5.74, 6) is 1.56. The van der Waals surface area contributed by atoms with Crippen LogP contribution in [-0.2, 0) is 11.3 Å². The minimum Gasteiger partial charge on any atom is -0.497 e. The van der Waals surface area contributed by atoms with Gasteiger partial charge >= 0.3 is 0 Å². The standard InChI is InChI=1S/C28H21N3O3S/c1-33-19-12-13-22-25(15-19)35-28(30-22)31(17-18-7-6-14-29-16-18)27(32)26-20-8-2-4-10-23(20)34-24-11-5-3-9-21(24)26/h2-16,26H,17H2,1H3. The zero-order valence-electron chi connectivity index (χ0n) is 18.9. The van der Waals surface area contributed by atoms with Crippen LogP contribution in [0.2, 0.25) is 0 Å². The lowest BCUT2D eigenvalue weighted by molar-refractivity contribution is -0.119. The number of ether oxygens (including phenoxy) is 2. The summed E-state index contributed by atoms with van der Waals surface area (Å²) in [4.78, 5) is 25.3. The highest BCUT2D eigenvalue weighted by molar-refractivity contribution is 7.22. The summed E-state index contributed by atoms with van der Waals surface area (Å²) in [5.41, 5.74) is 3.43. The van der Waals surface area contributed by atoms with Crippen LogP contribution in [0.3, 0.4) is 0 Å². The number of amides is 1. The normalized spacial score (nSPS) is 12.5. The highest BCUT2D eigenvalue weighted by Crippen LogP contribution is 2.45. The first kappa shape index (κ1) is 21.3. The van der Waals surface area contributed by atoms with Gasteiger partial charge in [-0.15, -0.1) is 0 Å². The number of methoxy groups -OCH3 is 1. The number of carbonyl (C=O) groups excluding carboxylic acids is 1. The van der Waals surface area contributed by atoms with E-state index in [-0.39, 0.29) is 5.91 Å². The van der Waals surface area contributed by atoms with Gasteiger partial charge in [0.25, 0.3) is 0 Å². The van der Waals surface area contributed by atoms with Crippen molar-refractivity contribution in [2.45, 2.75) is 12.5 Å². The maximum Gasteiger partial charge on any atom is 0.241 e. The van der Waals surface area contributed by atoms with Crippen molar-refractivity contribution < 1.29 is 14.3 Å². The Morgan fingerprint density at radius 1 is 1.00 bits per heavy atom. The van der Waals surface area contributed by atoms with Crippen LogP contribution in [0.15, 0.2) is 91.3 Å². The zero-order chi connectivity index (χ0) is 23.8. The number of carbonyl (C=O) groups is 1. The van der Waals surface area contributed by atoms with Gasteiger partial charge in [0.2, 0.25) is 5.91 Å². The van der Waals surface area contributed by atoms with Crippen LogP contribution >= 0.6 is 11.3 Å². The average molecular weight is 480 g/mol. The number of hydrogen-bond donors (Lipinski definition) is 0. The third-order valence-electron chi connectivity index (χ3n) is 6.07. The smallest absolute Gasteiger partial charge is 0.241 e. The second kappa shape index (κ2) is 8.85. The maximum absolute atomic E-state index is 14.4. The number of thiazole rings is 1. The lowest BCUT2D eigenvalue weighted by Crippen LogP contribution is -2.36. The van der Waals surface area contributed by atoms with E-state index in [9.17, 15) is 4.79 Å². The Morgan fingerprint density at radius 3 is 2.43 bits per heavy atom. The molecule has 0 unspecified atom stereocenters. The van der Waals surface area contributed by atoms with E-state index in [2.05, 4.69) is 4.98 Å². The van der Waals surface area contributed by atoms with Crippen molar-refractivity contribution in [3.8, 4) is 17.2 Å². The number of anilines is 1. The van der Waals surface area contributed by atoms with Gasteiger partial charge in [-0.2, -0.15) is 0 Å². The summed E-state index contributed by atoms with van der Waals surface area (Å²) >= 11 is 1.47. The molecule has 1 amide bonds. The summed E-state index contributed by atoms with van der Waals surface area (Å²) in [5, 5.41) is 0.628. The van der Waals surface area contributed by atoms with Gasteiger partial charge in [-0.05, 0) is 42.0 Å². The van der Waals surface area contributed by atoms with Gasteiger partial charge < -0.3 is 9.47 Å². The van der Waals surface area contributed by atoms with Gasteiger partial charge in [0.05, 0.1) is 29.8 Å². The predicted octanol–water partition coefficient (Wildman–Crippen LogP) is 6.17. The van der Waals surface area contributed by atoms with Crippen LogP contribution < -0.4 is 14.4 Å². The number of benzene rings is 3. The fourth-order valence-corrected chi connectivity index (χ4v) is 5.38. The monoisotopic (exact) mass is 479 g/mol. The molecule has 3 aromatic carbocycles. The molecule has 0 N–H and O–H groups in total. The van der Waals surface area contributed by atoms with Gasteiger partial charge in [-0.1, -0.05) is 53.8 Å². The number of pyridine rings is 1. The van der Waals surface area contributed by atoms with Crippen molar-refractivity contribution in [2.24, 2.45) is 0 Å². The van der Waals surface area contributed by atoms with Crippen LogP contribution in [0, 0.1) is 0 Å². The lowest BCUT2D eigenvalue weighted by Gasteiger charge is -2.31. The SMILES string of the molecule is COc1ccc2nc(N(Cc3cccnc3)C(=O)C3c4ccccc4Oc4ccccc43)sc2c1. The molecule has 0 saturated carbocycles. The summed E-state index contributed by atoms with van der Waals surface area (Å²) in [6.45, 7) is 0.353. The van der Waals surface area contributed by atoms with E-state index in [4.69, 9.17) is 14.5 Å². The molecule has 3 heterocycles. The van der Waals surface area contributed by atoms with Crippen molar-refractivity contribution in [3.05, 3.63) is 108 Å². The topological polar surface area (TPSA) is 64.5 Å². The van der Waals surface area contributed by atoms with Gasteiger partial charge in [0.1, 0.15) is 17.2 Å². The van der Waals surface area contributed by atoms with E-state index in [1.54, 1.807) is 24.4 Å². The van der Waals surface area contributed by atoms with E-state index >= 15 is 0 Å². The van der Waals surface area contributed by atoms with Crippen molar-refractivity contribution >= 4 is 32.6 Å². The molecule has 6 rings (SSSR count). The van der Waals surface area contributed by atoms with E-state index in [0.29, 0.717) is 23.2 Å². The lowest BCUT2D eigenvalue weighted by atomic mass is 9.87. The highest BCUT2D eigenvalue weighted by atomic mass is 32.1. The molecule has 6 nitrogen and oxygen atoms in total. The van der Waals surface area contributed by atoms with Gasteiger partial charge in [0.15, 0.2) is 5.13 Å². The van der Waals surface area contributed by atoms with Crippen LogP contribution in [0.1, 0.15) is 22.6 Å². The summed E-state index contributed by atoms with van der Waals surface area (Å²) in [6.07, 6.45) is 3.51. The molecule has 0 fully saturated rings. The van der Waals surface area contributed by atoms with E-state index in [1.165, 1.54) is 11.3 Å². The molecule has 172 valence electrons. The van der Waals surface area contributed by atoms with Gasteiger partial charge in [-0.25, -0.2) is 4.98 Å². The van der Waals surface area contributed by atoms with Crippen molar-refractivity contribution in [2.75, 3.05) is 12.0 Å². The van der Waals surface area contributed by atoms with E-state index in [0.717, 1.165) is 32.7 Å². The number of fused-ring (bicyclic) bond motifs is 3. The first-order chi connectivity index (χ1) is 17.2. The molecule has 1 aliphatic heterocycles. The third-order valence-corrected chi connectivity index (χ3v) is 7.11. The first-order valence-corrected chi connectivity index (χ1v) is 12.0. The summed E-state index contributed by atoms with van der Waals surface area (Å²) in [7, 11) is 1.64. The Morgan fingerprint density at radius 2 is 1.74 bits per heavy atom. The molecule has 0 atom stereocenters. The Labute approximate surface area is 206 Å². The van der Waals surface area contributed by atoms with Crippen LogP contribution in [0.4, 0.5) is 5.13 Å². The van der Waals surface area contributed by atoms with Gasteiger partial charge in [0, 0.05) is 23.5 Å². The molecule has 0 spiro atoms. The number of aromatic nitrogens is 2. The van der Waals surface area contributed by atoms with Crippen molar-refractivity contribution in [1.82, 2.24) is 9.97 Å². The molecule has 1 aliphatic rings. The predicted molar refractivity (Wildman–Crippen MR) is 136 cm³/mol. The maximum atomic E-state index is 14.4. The third kappa shape index (κ3) is 3.90. The van der Waals surface area contributed by atoms with Crippen LogP contribution in [-0.4, -0.2) is 23.0 Å². The summed E-state index contributed by atoms with van der Waals surface area (Å²) in [6, 6.07) is 25.0. The number of para-hydroxylation sites is 2. The minimum absolute atomic E-state index is 0.0666. The molecule has 0 radical (unpaired) electrons. The largest absolute Gasteiger partial charge is 0.497 e. The minimum atomic E-state index is -0.519. The second-order valence-electron chi connectivity index (χ2n) is 8.23. The molecule has 0 aliphatic carbocycles. The van der Waals surface area contributed by atoms with Crippen molar-refractivity contribution in [3.63, 3.8) is 0 Å². The molecule has 0 bridgehead atoms. The molecule has 7 heteroatoms. The fraction of sp³-hybridized carbons (Fsp3) is 0.107. The van der Waals surface area contributed by atoms with Gasteiger partial charge in [-0.3, -0.25) is 14.7 Å². The molecular formula is C28H21N3O3S. The fourth-order valence-electron chi connectivity index (χ4n) is 4.38. The van der Waals surface area contributed by atoms with Crippen LogP contribution in [0.25, 0.3) is 10.2 Å². The summed E-state index contributed by atoms with van der Waals surface area (Å²) < 4.78 is 12.5. The average Bonchev–Trinajstić information content (AvgIpc) is 3.33. The quantitative estimate of drug-likeness (QED) is 0.302. The first-order valence-electron chi connectivity index (χ1n) is 11.2. The second-order valence-corrected chi connectivity index (χ2v) is 9.24. The van der Waals surface area contributed by atoms with E-state index < -0.39 is 5.92 Å². The molecule has 35 heavy (non-hydrogen) atoms. The number of rotatable bonds is 5. The zero-order valence-corrected chi connectivity index (χ0v) is 19.7. The Balaban J connectivity index is 1.49. The molecule has 5 aromatic rings. The molecule has 2 aromatic heterocycles. The number of nitrogens with zero attached hydrogens (tertiary/aromatic N) is 3. The highest BCUT2D eigenvalue weighted by Gasteiger charge is 2.36. The number of hydrogen-bond acceptors (Lipinski definition) is 6. The van der Waals surface area contributed by atoms with Crippen LogP contribution in [0.5, 0.6) is 17.2 Å². The van der Waals surface area contributed by atoms with E-state index in [1.807, 2.05) is 78.9 Å². The molecular weight excluding hydrogens is 458 g/mol. The molecule has 0 saturated heterocycles. The van der Waals surface area contributed by atoms with Crippen molar-refractivity contribution in [1.29, 1.82) is 0 Å².